The molecule has 2 aliphatic heterocycles. The standard InChI is InChI=1S/C22H23F3N6O/c1-12-7-14(3-5-26-12)20-17-8-15-10-31(21(32)27-18(15)9-19(17)28-29-20)16-4-6-30(11-16)13(2)22(23,24)25/h3,5,7-9,13,16H,4,6,10-11H2,1-2H3,(H,27,32)(H,28,29)/t13?,16-/m1/s1. The second-order valence-electron chi connectivity index (χ2n) is 8.53. The number of alkyl halides is 3. The van der Waals surface area contributed by atoms with E-state index in [-0.39, 0.29) is 18.6 Å². The number of rotatable bonds is 3. The molecule has 0 radical (unpaired) electrons. The molecule has 3 aromatic rings. The van der Waals surface area contributed by atoms with Crippen LogP contribution < -0.4 is 5.32 Å². The summed E-state index contributed by atoms with van der Waals surface area (Å²) in [5, 5.41) is 11.3. The van der Waals surface area contributed by atoms with Crippen LogP contribution in [0.5, 0.6) is 0 Å². The first kappa shape index (κ1) is 20.7. The molecule has 1 fully saturated rings. The van der Waals surface area contributed by atoms with E-state index >= 15 is 0 Å². The lowest BCUT2D eigenvalue weighted by Gasteiger charge is -2.34. The third kappa shape index (κ3) is 3.58. The molecular weight excluding hydrogens is 421 g/mol. The Labute approximate surface area is 182 Å². The van der Waals surface area contributed by atoms with Gasteiger partial charge in [0.2, 0.25) is 0 Å². The monoisotopic (exact) mass is 444 g/mol. The molecule has 0 spiro atoms. The maximum Gasteiger partial charge on any atom is 0.403 e. The Morgan fingerprint density at radius 1 is 1.25 bits per heavy atom. The van der Waals surface area contributed by atoms with Gasteiger partial charge < -0.3 is 10.2 Å². The molecule has 2 aromatic heterocycles. The van der Waals surface area contributed by atoms with Crippen molar-refractivity contribution in [3.8, 4) is 11.3 Å². The average molecular weight is 444 g/mol. The first-order valence-electron chi connectivity index (χ1n) is 10.5. The van der Waals surface area contributed by atoms with Crippen LogP contribution in [0.3, 0.4) is 0 Å². The molecule has 2 N–H and O–H groups in total. The van der Waals surface area contributed by atoms with E-state index in [0.29, 0.717) is 25.2 Å². The van der Waals surface area contributed by atoms with Crippen molar-refractivity contribution < 1.29 is 18.0 Å². The predicted octanol–water partition coefficient (Wildman–Crippen LogP) is 4.31. The van der Waals surface area contributed by atoms with Crippen LogP contribution in [0.1, 0.15) is 24.6 Å². The van der Waals surface area contributed by atoms with Crippen molar-refractivity contribution in [1.82, 2.24) is 25.0 Å². The first-order chi connectivity index (χ1) is 15.2. The van der Waals surface area contributed by atoms with Crippen LogP contribution in [0.15, 0.2) is 30.5 Å². The van der Waals surface area contributed by atoms with Crippen molar-refractivity contribution in [1.29, 1.82) is 0 Å². The predicted molar refractivity (Wildman–Crippen MR) is 114 cm³/mol. The maximum absolute atomic E-state index is 13.1. The Balaban J connectivity index is 1.42. The fraction of sp³-hybridized carbons (Fsp3) is 0.409. The number of likely N-dealkylation sites (tertiary alicyclic amines) is 1. The van der Waals surface area contributed by atoms with Gasteiger partial charge in [0.05, 0.1) is 5.52 Å². The van der Waals surface area contributed by atoms with E-state index in [0.717, 1.165) is 33.4 Å². The van der Waals surface area contributed by atoms with Gasteiger partial charge in [-0.25, -0.2) is 4.79 Å². The van der Waals surface area contributed by atoms with Crippen LogP contribution in [0.25, 0.3) is 22.2 Å². The SMILES string of the molecule is Cc1cc(-c2n[nH]c3cc4c(cc23)CN([C@@H]2CCN(C(C)C(F)(F)F)C2)C(=O)N4)ccn1. The van der Waals surface area contributed by atoms with E-state index in [4.69, 9.17) is 0 Å². The summed E-state index contributed by atoms with van der Waals surface area (Å²) in [5.41, 5.74) is 5.02. The van der Waals surface area contributed by atoms with E-state index in [2.05, 4.69) is 20.5 Å². The van der Waals surface area contributed by atoms with Gasteiger partial charge in [-0.3, -0.25) is 15.0 Å². The largest absolute Gasteiger partial charge is 0.403 e. The maximum atomic E-state index is 13.1. The molecule has 2 atom stereocenters. The van der Waals surface area contributed by atoms with Crippen molar-refractivity contribution in [3.05, 3.63) is 41.7 Å². The van der Waals surface area contributed by atoms with Gasteiger partial charge in [0.15, 0.2) is 0 Å². The number of nitrogens with zero attached hydrogens (tertiary/aromatic N) is 4. The highest BCUT2D eigenvalue weighted by Crippen LogP contribution is 2.35. The van der Waals surface area contributed by atoms with E-state index in [1.807, 2.05) is 31.2 Å². The summed E-state index contributed by atoms with van der Waals surface area (Å²) in [6.07, 6.45) is -2.03. The van der Waals surface area contributed by atoms with Gasteiger partial charge in [-0.2, -0.15) is 18.3 Å². The number of amides is 2. The zero-order chi connectivity index (χ0) is 22.6. The second-order valence-corrected chi connectivity index (χ2v) is 8.53. The number of halogens is 3. The molecule has 2 aliphatic rings. The molecule has 10 heteroatoms. The van der Waals surface area contributed by atoms with E-state index < -0.39 is 12.2 Å². The van der Waals surface area contributed by atoms with Gasteiger partial charge in [-0.05, 0) is 50.1 Å². The number of benzene rings is 1. The summed E-state index contributed by atoms with van der Waals surface area (Å²) in [7, 11) is 0. The number of anilines is 1. The number of carbonyl (C=O) groups excluding carboxylic acids is 1. The molecule has 2 amide bonds. The fourth-order valence-corrected chi connectivity index (χ4v) is 4.59. The molecule has 0 bridgehead atoms. The fourth-order valence-electron chi connectivity index (χ4n) is 4.59. The van der Waals surface area contributed by atoms with Crippen LogP contribution >= 0.6 is 0 Å². The number of hydrogen-bond donors (Lipinski definition) is 2. The average Bonchev–Trinajstić information content (AvgIpc) is 3.37. The summed E-state index contributed by atoms with van der Waals surface area (Å²) in [6.45, 7) is 3.95. The zero-order valence-electron chi connectivity index (χ0n) is 17.7. The molecule has 0 aliphatic carbocycles. The highest BCUT2D eigenvalue weighted by atomic mass is 19.4. The lowest BCUT2D eigenvalue weighted by molar-refractivity contribution is -0.176. The molecule has 32 heavy (non-hydrogen) atoms. The lowest BCUT2D eigenvalue weighted by Crippen LogP contribution is -2.48. The summed E-state index contributed by atoms with van der Waals surface area (Å²) in [4.78, 5) is 20.0. The Hall–Kier alpha value is -3.14. The second kappa shape index (κ2) is 7.47. The van der Waals surface area contributed by atoms with E-state index in [9.17, 15) is 18.0 Å². The highest BCUT2D eigenvalue weighted by molar-refractivity contribution is 6.00. The Morgan fingerprint density at radius 3 is 2.81 bits per heavy atom. The van der Waals surface area contributed by atoms with Crippen LogP contribution in [0.2, 0.25) is 0 Å². The van der Waals surface area contributed by atoms with Gasteiger partial charge in [-0.15, -0.1) is 0 Å². The molecule has 7 nitrogen and oxygen atoms in total. The van der Waals surface area contributed by atoms with Crippen molar-refractivity contribution in [3.63, 3.8) is 0 Å². The summed E-state index contributed by atoms with van der Waals surface area (Å²) in [5.74, 6) is 0. The number of aromatic nitrogens is 3. The number of aromatic amines is 1. The van der Waals surface area contributed by atoms with E-state index in [1.54, 1.807) is 11.1 Å². The third-order valence-electron chi connectivity index (χ3n) is 6.46. The minimum Gasteiger partial charge on any atom is -0.316 e. The van der Waals surface area contributed by atoms with Crippen molar-refractivity contribution in [2.45, 2.75) is 45.1 Å². The van der Waals surface area contributed by atoms with Crippen LogP contribution in [0.4, 0.5) is 23.7 Å². The van der Waals surface area contributed by atoms with Crippen molar-refractivity contribution >= 4 is 22.6 Å². The van der Waals surface area contributed by atoms with Gasteiger partial charge in [-0.1, -0.05) is 0 Å². The highest BCUT2D eigenvalue weighted by Gasteiger charge is 2.44. The molecule has 4 heterocycles. The summed E-state index contributed by atoms with van der Waals surface area (Å²) in [6, 6.07) is 5.63. The third-order valence-corrected chi connectivity index (χ3v) is 6.46. The Bertz CT molecular complexity index is 1190. The number of hydrogen-bond acceptors (Lipinski definition) is 4. The topological polar surface area (TPSA) is 77.2 Å². The normalized spacial score (nSPS) is 20.5. The minimum absolute atomic E-state index is 0.207. The number of aryl methyl sites for hydroxylation is 1. The summed E-state index contributed by atoms with van der Waals surface area (Å²) < 4.78 is 39.4. The van der Waals surface area contributed by atoms with Gasteiger partial charge in [0.1, 0.15) is 11.7 Å². The van der Waals surface area contributed by atoms with Gasteiger partial charge in [0.25, 0.3) is 0 Å². The van der Waals surface area contributed by atoms with Gasteiger partial charge in [0, 0.05) is 54.2 Å². The Kier molecular flexibility index (Phi) is 4.85. The number of pyridine rings is 1. The molecule has 1 unspecified atom stereocenters. The molecule has 1 saturated heterocycles. The first-order valence-corrected chi connectivity index (χ1v) is 10.5. The number of nitrogens with one attached hydrogen (secondary N) is 2. The number of H-pyrrole nitrogens is 1. The molecule has 1 aromatic carbocycles. The molecule has 5 rings (SSSR count). The Morgan fingerprint density at radius 2 is 2.06 bits per heavy atom. The van der Waals surface area contributed by atoms with Crippen LogP contribution in [0, 0.1) is 6.92 Å². The lowest BCUT2D eigenvalue weighted by atomic mass is 10.0. The summed E-state index contributed by atoms with van der Waals surface area (Å²) >= 11 is 0. The molecule has 0 saturated carbocycles. The number of fused-ring (bicyclic) bond motifs is 2. The minimum atomic E-state index is -4.28. The van der Waals surface area contributed by atoms with Crippen molar-refractivity contribution in [2.75, 3.05) is 18.4 Å². The smallest absolute Gasteiger partial charge is 0.316 e. The number of urea groups is 1. The van der Waals surface area contributed by atoms with Crippen LogP contribution in [-0.4, -0.2) is 62.4 Å². The van der Waals surface area contributed by atoms with E-state index in [1.165, 1.54) is 11.8 Å². The van der Waals surface area contributed by atoms with Crippen LogP contribution in [-0.2, 0) is 6.54 Å². The van der Waals surface area contributed by atoms with Gasteiger partial charge >= 0.3 is 12.2 Å². The molecule has 168 valence electrons. The zero-order valence-corrected chi connectivity index (χ0v) is 17.7. The molecular formula is C22H23F3N6O. The number of carbonyl (C=O) groups is 1. The van der Waals surface area contributed by atoms with Crippen molar-refractivity contribution in [2.24, 2.45) is 0 Å². The quantitative estimate of drug-likeness (QED) is 0.631.